The van der Waals surface area contributed by atoms with E-state index in [0.29, 0.717) is 11.4 Å². The van der Waals surface area contributed by atoms with Gasteiger partial charge in [-0.25, -0.2) is 0 Å². The van der Waals surface area contributed by atoms with Crippen molar-refractivity contribution in [3.63, 3.8) is 0 Å². The zero-order valence-electron chi connectivity index (χ0n) is 7.27. The molecule has 0 spiro atoms. The maximum Gasteiger partial charge on any atom is 0.296 e. The van der Waals surface area contributed by atoms with Gasteiger partial charge in [0.1, 0.15) is 0 Å². The molecule has 0 saturated heterocycles. The van der Waals surface area contributed by atoms with Crippen molar-refractivity contribution >= 4 is 17.3 Å². The smallest absolute Gasteiger partial charge is 0.296 e. The lowest BCUT2D eigenvalue weighted by molar-refractivity contribution is -0.467. The van der Waals surface area contributed by atoms with Gasteiger partial charge in [-0.15, -0.1) is 0 Å². The summed E-state index contributed by atoms with van der Waals surface area (Å²) in [7, 11) is 0. The Hall–Kier alpha value is -2.11. The molecule has 0 heterocycles. The number of nitrogens with two attached hydrogens (primary N) is 1. The van der Waals surface area contributed by atoms with Gasteiger partial charge in [-0.3, -0.25) is 14.9 Å². The van der Waals surface area contributed by atoms with Crippen LogP contribution in [0.4, 0.5) is 11.4 Å². The maximum absolute atomic E-state index is 10.9. The summed E-state index contributed by atoms with van der Waals surface area (Å²) in [5, 5.41) is 12.3. The predicted octanol–water partition coefficient (Wildman–Crippen LogP) is 0.484. The molecular weight excluding hydrogens is 186 g/mol. The second kappa shape index (κ2) is 4.22. The van der Waals surface area contributed by atoms with Gasteiger partial charge in [0.2, 0.25) is 0 Å². The van der Waals surface area contributed by atoms with Crippen molar-refractivity contribution in [2.75, 3.05) is 17.6 Å². The number of nitrogens with one attached hydrogen (secondary N) is 1. The highest BCUT2D eigenvalue weighted by molar-refractivity contribution is 5.91. The Kier molecular flexibility index (Phi) is 3.01. The number of nitro groups is 1. The first-order valence-corrected chi connectivity index (χ1v) is 3.85. The molecule has 6 nitrogen and oxygen atoms in total. The number of anilines is 2. The van der Waals surface area contributed by atoms with Crippen LogP contribution >= 0.6 is 0 Å². The summed E-state index contributed by atoms with van der Waals surface area (Å²) in [6.07, 6.45) is 0. The van der Waals surface area contributed by atoms with Crippen molar-refractivity contribution < 1.29 is 9.72 Å². The molecular formula is C8H9N3O3. The van der Waals surface area contributed by atoms with Crippen LogP contribution < -0.4 is 11.1 Å². The molecule has 1 aromatic carbocycles. The molecule has 0 radical (unpaired) electrons. The van der Waals surface area contributed by atoms with E-state index in [-0.39, 0.29) is 0 Å². The molecule has 0 aromatic heterocycles. The Bertz CT molecular complexity index is 347. The largest absolute Gasteiger partial charge is 0.399 e. The lowest BCUT2D eigenvalue weighted by atomic mass is 10.3. The van der Waals surface area contributed by atoms with E-state index in [0.717, 1.165) is 0 Å². The third-order valence-corrected chi connectivity index (χ3v) is 1.47. The van der Waals surface area contributed by atoms with Gasteiger partial charge in [-0.05, 0) is 24.3 Å². The average molecular weight is 195 g/mol. The van der Waals surface area contributed by atoms with Gasteiger partial charge in [0.15, 0.2) is 0 Å². The average Bonchev–Trinajstić information content (AvgIpc) is 2.07. The summed E-state index contributed by atoms with van der Waals surface area (Å²) in [4.78, 5) is 20.2. The normalized spacial score (nSPS) is 9.43. The summed E-state index contributed by atoms with van der Waals surface area (Å²) in [5.74, 6) is -0.653. The lowest BCUT2D eigenvalue weighted by Crippen LogP contribution is -2.21. The van der Waals surface area contributed by atoms with Gasteiger partial charge in [0, 0.05) is 16.3 Å². The lowest BCUT2D eigenvalue weighted by Gasteiger charge is -2.01. The number of amides is 1. The number of benzene rings is 1. The van der Waals surface area contributed by atoms with Crippen molar-refractivity contribution in [1.29, 1.82) is 0 Å². The van der Waals surface area contributed by atoms with Crippen LogP contribution in [-0.4, -0.2) is 17.4 Å². The summed E-state index contributed by atoms with van der Waals surface area (Å²) in [6.45, 7) is -0.732. The van der Waals surface area contributed by atoms with Gasteiger partial charge in [0.25, 0.3) is 12.5 Å². The monoisotopic (exact) mass is 195 g/mol. The molecule has 74 valence electrons. The fourth-order valence-electron chi connectivity index (χ4n) is 0.884. The minimum Gasteiger partial charge on any atom is -0.399 e. The van der Waals surface area contributed by atoms with Crippen LogP contribution in [0.3, 0.4) is 0 Å². The molecule has 0 aliphatic heterocycles. The molecule has 6 heteroatoms. The molecule has 0 atom stereocenters. The van der Waals surface area contributed by atoms with E-state index in [9.17, 15) is 14.9 Å². The van der Waals surface area contributed by atoms with Gasteiger partial charge in [-0.2, -0.15) is 0 Å². The highest BCUT2D eigenvalue weighted by Crippen LogP contribution is 2.09. The number of carbonyl (C=O) groups is 1. The quantitative estimate of drug-likeness (QED) is 0.416. The standard InChI is InChI=1S/C8H9N3O3/c9-6-1-3-7(4-2-6)10-8(12)5-11(13)14/h1-4H,5,9H2,(H,10,12). The second-order valence-electron chi connectivity index (χ2n) is 2.66. The molecule has 0 bridgehead atoms. The fraction of sp³-hybridized carbons (Fsp3) is 0.125. The third kappa shape index (κ3) is 3.10. The number of nitrogens with zero attached hydrogens (tertiary/aromatic N) is 1. The van der Waals surface area contributed by atoms with Crippen LogP contribution in [-0.2, 0) is 4.79 Å². The number of rotatable bonds is 3. The molecule has 0 aliphatic carbocycles. The molecule has 0 aliphatic rings. The molecule has 1 amide bonds. The Morgan fingerprint density at radius 1 is 1.43 bits per heavy atom. The van der Waals surface area contributed by atoms with Crippen molar-refractivity contribution in [2.45, 2.75) is 0 Å². The number of carbonyl (C=O) groups excluding carboxylic acids is 1. The van der Waals surface area contributed by atoms with E-state index in [1.165, 1.54) is 0 Å². The van der Waals surface area contributed by atoms with E-state index in [4.69, 9.17) is 5.73 Å². The first kappa shape index (κ1) is 9.97. The maximum atomic E-state index is 10.9. The summed E-state index contributed by atoms with van der Waals surface area (Å²) >= 11 is 0. The second-order valence-corrected chi connectivity index (χ2v) is 2.66. The Balaban J connectivity index is 2.56. The minimum absolute atomic E-state index is 0.492. The van der Waals surface area contributed by atoms with E-state index >= 15 is 0 Å². The van der Waals surface area contributed by atoms with Crippen LogP contribution in [0.15, 0.2) is 24.3 Å². The molecule has 0 saturated carbocycles. The van der Waals surface area contributed by atoms with Crippen LogP contribution in [0.2, 0.25) is 0 Å². The van der Waals surface area contributed by atoms with Crippen molar-refractivity contribution in [2.24, 2.45) is 0 Å². The zero-order chi connectivity index (χ0) is 10.6. The molecule has 1 rings (SSSR count). The summed E-state index contributed by atoms with van der Waals surface area (Å²) in [5.41, 5.74) is 6.48. The van der Waals surface area contributed by atoms with Gasteiger partial charge in [-0.1, -0.05) is 0 Å². The van der Waals surface area contributed by atoms with Crippen molar-refractivity contribution in [3.05, 3.63) is 34.4 Å². The molecule has 0 unspecified atom stereocenters. The van der Waals surface area contributed by atoms with E-state index < -0.39 is 17.4 Å². The molecule has 3 N–H and O–H groups in total. The van der Waals surface area contributed by atoms with E-state index in [1.54, 1.807) is 24.3 Å². The zero-order valence-corrected chi connectivity index (χ0v) is 7.27. The Labute approximate surface area is 79.9 Å². The van der Waals surface area contributed by atoms with Crippen molar-refractivity contribution in [1.82, 2.24) is 0 Å². The van der Waals surface area contributed by atoms with Gasteiger partial charge >= 0.3 is 0 Å². The first-order chi connectivity index (χ1) is 6.58. The number of hydrogen-bond donors (Lipinski definition) is 2. The van der Waals surface area contributed by atoms with Crippen LogP contribution in [0.5, 0.6) is 0 Å². The minimum atomic E-state index is -0.732. The molecule has 14 heavy (non-hydrogen) atoms. The van der Waals surface area contributed by atoms with Crippen LogP contribution in [0, 0.1) is 10.1 Å². The molecule has 0 fully saturated rings. The van der Waals surface area contributed by atoms with E-state index in [1.807, 2.05) is 0 Å². The SMILES string of the molecule is Nc1ccc(NC(=O)C[N+](=O)[O-])cc1. The first-order valence-electron chi connectivity index (χ1n) is 3.85. The summed E-state index contributed by atoms with van der Waals surface area (Å²) < 4.78 is 0. The van der Waals surface area contributed by atoms with Gasteiger partial charge in [0.05, 0.1) is 0 Å². The van der Waals surface area contributed by atoms with Crippen LogP contribution in [0.25, 0.3) is 0 Å². The van der Waals surface area contributed by atoms with Gasteiger partial charge < -0.3 is 11.1 Å². The highest BCUT2D eigenvalue weighted by Gasteiger charge is 2.08. The summed E-state index contributed by atoms with van der Waals surface area (Å²) in [6, 6.07) is 6.35. The van der Waals surface area contributed by atoms with Crippen LogP contribution in [0.1, 0.15) is 0 Å². The molecule has 1 aromatic rings. The highest BCUT2D eigenvalue weighted by atomic mass is 16.6. The van der Waals surface area contributed by atoms with E-state index in [2.05, 4.69) is 5.32 Å². The fourth-order valence-corrected chi connectivity index (χ4v) is 0.884. The Morgan fingerprint density at radius 3 is 2.50 bits per heavy atom. The topological polar surface area (TPSA) is 98.3 Å². The number of hydrogen-bond acceptors (Lipinski definition) is 4. The number of nitrogen functional groups attached to an aromatic ring is 1. The van der Waals surface area contributed by atoms with Crippen molar-refractivity contribution in [3.8, 4) is 0 Å². The third-order valence-electron chi connectivity index (χ3n) is 1.47. The Morgan fingerprint density at radius 2 is 2.00 bits per heavy atom. The predicted molar refractivity (Wildman–Crippen MR) is 51.3 cm³/mol.